The Morgan fingerprint density at radius 1 is 0.610 bits per heavy atom. The Bertz CT molecular complexity index is 2330. The molecule has 0 amide bonds. The van der Waals surface area contributed by atoms with Crippen molar-refractivity contribution in [3.05, 3.63) is 127 Å². The molecule has 4 heteroatoms. The van der Waals surface area contributed by atoms with Crippen LogP contribution in [0.1, 0.15) is 12.5 Å². The summed E-state index contributed by atoms with van der Waals surface area (Å²) in [5.74, 6) is 0.384. The minimum Gasteiger partial charge on any atom is -0.451 e. The molecule has 0 unspecified atom stereocenters. The zero-order valence-electron chi connectivity index (χ0n) is 22.5. The monoisotopic (exact) mass is 530 g/mol. The Morgan fingerprint density at radius 3 is 2.22 bits per heavy atom. The van der Waals surface area contributed by atoms with E-state index in [-0.39, 0.29) is 0 Å². The number of aromatic nitrogens is 1. The Balaban J connectivity index is 1.36. The van der Waals surface area contributed by atoms with Gasteiger partial charge in [0.15, 0.2) is 17.1 Å². The lowest BCUT2D eigenvalue weighted by molar-refractivity contribution is 0.615. The third-order valence-electron chi connectivity index (χ3n) is 7.95. The van der Waals surface area contributed by atoms with Gasteiger partial charge in [-0.2, -0.15) is 0 Å². The lowest BCUT2D eigenvalue weighted by Crippen LogP contribution is -1.92. The first-order chi connectivity index (χ1) is 20.2. The summed E-state index contributed by atoms with van der Waals surface area (Å²) in [6.07, 6.45) is 7.89. The van der Waals surface area contributed by atoms with Crippen LogP contribution in [0.2, 0.25) is 0 Å². The molecule has 2 N–H and O–H groups in total. The van der Waals surface area contributed by atoms with Gasteiger partial charge < -0.3 is 19.1 Å². The quantitative estimate of drug-likeness (QED) is 0.230. The maximum Gasteiger partial charge on any atom is 0.199 e. The van der Waals surface area contributed by atoms with Gasteiger partial charge in [-0.25, -0.2) is 0 Å². The van der Waals surface area contributed by atoms with Crippen LogP contribution in [0, 0.1) is 0 Å². The van der Waals surface area contributed by atoms with Gasteiger partial charge in [-0.15, -0.1) is 0 Å². The molecule has 196 valence electrons. The van der Waals surface area contributed by atoms with Gasteiger partial charge in [0.1, 0.15) is 5.58 Å². The highest BCUT2D eigenvalue weighted by atomic mass is 16.4. The molecule has 0 aliphatic rings. The first-order valence-corrected chi connectivity index (χ1v) is 13.8. The van der Waals surface area contributed by atoms with Crippen molar-refractivity contribution >= 4 is 66.7 Å². The number of rotatable bonds is 4. The number of nitrogen functional groups attached to an aromatic ring is 1. The number of hydrogen-bond donors (Lipinski definition) is 1. The van der Waals surface area contributed by atoms with Crippen LogP contribution in [-0.4, -0.2) is 4.57 Å². The van der Waals surface area contributed by atoms with Gasteiger partial charge in [-0.1, -0.05) is 78.9 Å². The van der Waals surface area contributed by atoms with Gasteiger partial charge in [0.2, 0.25) is 0 Å². The number of benzene rings is 5. The number of anilines is 1. The molecule has 0 aliphatic heterocycles. The summed E-state index contributed by atoms with van der Waals surface area (Å²) >= 11 is 0. The summed E-state index contributed by atoms with van der Waals surface area (Å²) in [6, 6.07) is 36.3. The summed E-state index contributed by atoms with van der Waals surface area (Å²) < 4.78 is 15.0. The average Bonchev–Trinajstić information content (AvgIpc) is 3.66. The van der Waals surface area contributed by atoms with Gasteiger partial charge in [-0.05, 0) is 61.0 Å². The van der Waals surface area contributed by atoms with E-state index in [1.54, 1.807) is 0 Å². The summed E-state index contributed by atoms with van der Waals surface area (Å²) in [5, 5.41) is 5.41. The van der Waals surface area contributed by atoms with Crippen LogP contribution in [0.15, 0.2) is 130 Å². The maximum atomic E-state index is 6.63. The Labute approximate surface area is 236 Å². The molecule has 3 aromatic heterocycles. The molecular formula is C37H26N2O2. The zero-order valence-corrected chi connectivity index (χ0v) is 22.5. The van der Waals surface area contributed by atoms with E-state index in [0.717, 1.165) is 44.1 Å². The lowest BCUT2D eigenvalue weighted by Gasteiger charge is -2.08. The normalized spacial score (nSPS) is 12.4. The van der Waals surface area contributed by atoms with Crippen LogP contribution in [-0.2, 0) is 0 Å². The van der Waals surface area contributed by atoms with Crippen molar-refractivity contribution in [2.75, 3.05) is 5.73 Å². The van der Waals surface area contributed by atoms with E-state index in [1.165, 1.54) is 21.8 Å². The lowest BCUT2D eigenvalue weighted by atomic mass is 10.00. The van der Waals surface area contributed by atoms with Crippen molar-refractivity contribution in [3.8, 4) is 16.8 Å². The first kappa shape index (κ1) is 23.4. The van der Waals surface area contributed by atoms with Gasteiger partial charge in [0.05, 0.1) is 11.0 Å². The van der Waals surface area contributed by atoms with E-state index in [4.69, 9.17) is 14.6 Å². The second-order valence-electron chi connectivity index (χ2n) is 10.3. The second-order valence-corrected chi connectivity index (χ2v) is 10.3. The third kappa shape index (κ3) is 3.47. The van der Waals surface area contributed by atoms with Gasteiger partial charge >= 0.3 is 0 Å². The van der Waals surface area contributed by atoms with E-state index in [2.05, 4.69) is 108 Å². The SMILES string of the molecule is C/C=C/C=C\c1c(N)oc2c1ccc1c3cccc(-c4ccc5c(c4)c4ccccc4n5-c4ccccc4)c3oc12. The molecular weight excluding hydrogens is 504 g/mol. The fourth-order valence-corrected chi connectivity index (χ4v) is 6.11. The van der Waals surface area contributed by atoms with Crippen LogP contribution in [0.4, 0.5) is 5.88 Å². The number of fused-ring (bicyclic) bond motifs is 8. The summed E-state index contributed by atoms with van der Waals surface area (Å²) in [7, 11) is 0. The molecule has 0 saturated carbocycles. The number of allylic oxidation sites excluding steroid dienone is 3. The number of hydrogen-bond acceptors (Lipinski definition) is 3. The van der Waals surface area contributed by atoms with E-state index >= 15 is 0 Å². The molecule has 4 nitrogen and oxygen atoms in total. The number of nitrogens with two attached hydrogens (primary N) is 1. The van der Waals surface area contributed by atoms with Crippen LogP contribution < -0.4 is 5.73 Å². The molecule has 0 saturated heterocycles. The second kappa shape index (κ2) is 9.04. The number of nitrogens with zero attached hydrogens (tertiary/aromatic N) is 1. The smallest absolute Gasteiger partial charge is 0.199 e. The molecule has 8 rings (SSSR count). The Morgan fingerprint density at radius 2 is 1.34 bits per heavy atom. The standard InChI is InChI=1S/C37H26N2O2/c1-2-3-5-14-30-29-20-19-28-27-16-10-15-25(34(27)40-35(28)36(29)41-37(30)38)23-18-21-33-31(22-23)26-13-8-9-17-32(26)39(33)24-11-6-4-7-12-24/h2-22H,38H2,1H3/b3-2+,14-5-. The summed E-state index contributed by atoms with van der Waals surface area (Å²) in [6.45, 7) is 1.98. The topological polar surface area (TPSA) is 57.2 Å². The minimum atomic E-state index is 0.384. The highest BCUT2D eigenvalue weighted by Crippen LogP contribution is 2.42. The molecule has 41 heavy (non-hydrogen) atoms. The zero-order chi connectivity index (χ0) is 27.5. The predicted molar refractivity (Wildman–Crippen MR) is 172 cm³/mol. The van der Waals surface area contributed by atoms with Crippen molar-refractivity contribution in [2.45, 2.75) is 6.92 Å². The van der Waals surface area contributed by atoms with Crippen LogP contribution in [0.3, 0.4) is 0 Å². The first-order valence-electron chi connectivity index (χ1n) is 13.8. The van der Waals surface area contributed by atoms with Crippen LogP contribution >= 0.6 is 0 Å². The van der Waals surface area contributed by atoms with Crippen molar-refractivity contribution in [1.29, 1.82) is 0 Å². The van der Waals surface area contributed by atoms with Crippen LogP contribution in [0.5, 0.6) is 0 Å². The summed E-state index contributed by atoms with van der Waals surface area (Å²) in [5.41, 5.74) is 15.0. The highest BCUT2D eigenvalue weighted by Gasteiger charge is 2.20. The Hall–Kier alpha value is -5.48. The average molecular weight is 531 g/mol. The summed E-state index contributed by atoms with van der Waals surface area (Å²) in [4.78, 5) is 0. The van der Waals surface area contributed by atoms with E-state index in [1.807, 2.05) is 31.2 Å². The van der Waals surface area contributed by atoms with E-state index in [9.17, 15) is 0 Å². The van der Waals surface area contributed by atoms with Gasteiger partial charge in [0.25, 0.3) is 0 Å². The molecule has 8 aromatic rings. The molecule has 0 atom stereocenters. The Kier molecular flexibility index (Phi) is 5.16. The maximum absolute atomic E-state index is 6.63. The highest BCUT2D eigenvalue weighted by molar-refractivity contribution is 6.18. The van der Waals surface area contributed by atoms with Crippen molar-refractivity contribution in [2.24, 2.45) is 0 Å². The van der Waals surface area contributed by atoms with Gasteiger partial charge in [0, 0.05) is 43.7 Å². The van der Waals surface area contributed by atoms with Crippen molar-refractivity contribution < 1.29 is 8.83 Å². The predicted octanol–water partition coefficient (Wildman–Crippen LogP) is 10.3. The molecule has 5 aromatic carbocycles. The van der Waals surface area contributed by atoms with Crippen LogP contribution in [0.25, 0.3) is 77.6 Å². The molecule has 0 aliphatic carbocycles. The van der Waals surface area contributed by atoms with Crippen molar-refractivity contribution in [1.82, 2.24) is 4.57 Å². The number of para-hydroxylation sites is 3. The molecule has 0 spiro atoms. The largest absolute Gasteiger partial charge is 0.451 e. The van der Waals surface area contributed by atoms with Crippen molar-refractivity contribution in [3.63, 3.8) is 0 Å². The third-order valence-corrected chi connectivity index (χ3v) is 7.95. The minimum absolute atomic E-state index is 0.384. The number of furan rings is 2. The molecule has 0 radical (unpaired) electrons. The molecule has 0 bridgehead atoms. The van der Waals surface area contributed by atoms with Gasteiger partial charge in [-0.3, -0.25) is 0 Å². The fraction of sp³-hybridized carbons (Fsp3) is 0.0270. The van der Waals surface area contributed by atoms with E-state index < -0.39 is 0 Å². The van der Waals surface area contributed by atoms with E-state index in [0.29, 0.717) is 17.1 Å². The molecule has 3 heterocycles. The fourth-order valence-electron chi connectivity index (χ4n) is 6.11. The molecule has 0 fully saturated rings.